The van der Waals surface area contributed by atoms with Gasteiger partial charge in [-0.2, -0.15) is 0 Å². The monoisotopic (exact) mass is 464 g/mol. The van der Waals surface area contributed by atoms with Crippen LogP contribution in [0.15, 0.2) is 64.0 Å². The smallest absolute Gasteiger partial charge is 0.130 e. The summed E-state index contributed by atoms with van der Waals surface area (Å²) in [7, 11) is 1.70. The van der Waals surface area contributed by atoms with Crippen molar-refractivity contribution in [2.75, 3.05) is 12.9 Å². The summed E-state index contributed by atoms with van der Waals surface area (Å²) in [4.78, 5) is 4.29. The Hall–Kier alpha value is -2.10. The Morgan fingerprint density at radius 3 is 2.77 bits per heavy atom. The van der Waals surface area contributed by atoms with Crippen molar-refractivity contribution in [2.24, 2.45) is 4.99 Å². The highest BCUT2D eigenvalue weighted by atomic mass is 35.5. The fraction of sp³-hybridized carbons (Fsp3) is 0.143. The quantitative estimate of drug-likeness (QED) is 0.158. The minimum Gasteiger partial charge on any atom is -0.388 e. The molecule has 0 radical (unpaired) electrons. The molecule has 0 aliphatic rings. The van der Waals surface area contributed by atoms with Crippen LogP contribution in [0.25, 0.3) is 5.70 Å². The van der Waals surface area contributed by atoms with Crippen LogP contribution in [0.3, 0.4) is 0 Å². The molecule has 158 valence electrons. The molecule has 0 aliphatic heterocycles. The highest BCUT2D eigenvalue weighted by Crippen LogP contribution is 2.32. The van der Waals surface area contributed by atoms with E-state index in [0.29, 0.717) is 32.6 Å². The molecule has 1 unspecified atom stereocenters. The predicted molar refractivity (Wildman–Crippen MR) is 128 cm³/mol. The van der Waals surface area contributed by atoms with E-state index in [9.17, 15) is 9.50 Å². The number of thioether (sulfide) groups is 1. The van der Waals surface area contributed by atoms with Crippen molar-refractivity contribution in [3.63, 3.8) is 0 Å². The number of aliphatic hydroxyl groups is 1. The largest absolute Gasteiger partial charge is 0.388 e. The van der Waals surface area contributed by atoms with Crippen molar-refractivity contribution in [3.8, 4) is 0 Å². The lowest BCUT2D eigenvalue weighted by molar-refractivity contribution is 0.214. The van der Waals surface area contributed by atoms with Gasteiger partial charge < -0.3 is 15.8 Å². The molecular weight excluding hydrogens is 443 g/mol. The number of nitrogens with zero attached hydrogens (tertiary/aromatic N) is 1. The lowest BCUT2D eigenvalue weighted by Gasteiger charge is -2.19. The van der Waals surface area contributed by atoms with Gasteiger partial charge in [-0.15, -0.1) is 11.8 Å². The van der Waals surface area contributed by atoms with E-state index in [-0.39, 0.29) is 5.56 Å². The molecule has 2 aromatic rings. The van der Waals surface area contributed by atoms with Crippen LogP contribution in [0, 0.1) is 11.2 Å². The first-order valence-electron chi connectivity index (χ1n) is 8.79. The van der Waals surface area contributed by atoms with Crippen LogP contribution in [-0.4, -0.2) is 31.0 Å². The molecule has 0 saturated carbocycles. The van der Waals surface area contributed by atoms with E-state index in [1.54, 1.807) is 55.1 Å². The van der Waals surface area contributed by atoms with E-state index in [0.717, 1.165) is 6.21 Å². The lowest BCUT2D eigenvalue weighted by atomic mass is 9.94. The number of aliphatic hydroxyl groups excluding tert-OH is 1. The first-order valence-corrected chi connectivity index (χ1v) is 11.0. The molecular formula is C21H22ClFN4OS2. The molecule has 2 rings (SSSR count). The van der Waals surface area contributed by atoms with Gasteiger partial charge in [0.1, 0.15) is 11.9 Å². The Morgan fingerprint density at radius 2 is 2.10 bits per heavy atom. The maximum Gasteiger partial charge on any atom is 0.130 e. The third kappa shape index (κ3) is 6.72. The number of hydrogen-bond acceptors (Lipinski definition) is 7. The van der Waals surface area contributed by atoms with Gasteiger partial charge in [-0.25, -0.2) is 9.11 Å². The highest BCUT2D eigenvalue weighted by Gasteiger charge is 2.20. The molecule has 4 N–H and O–H groups in total. The summed E-state index contributed by atoms with van der Waals surface area (Å²) in [5, 5.41) is 23.5. The van der Waals surface area contributed by atoms with Crippen LogP contribution >= 0.6 is 35.3 Å². The van der Waals surface area contributed by atoms with Gasteiger partial charge in [-0.05, 0) is 60.0 Å². The number of hydrogen-bond donors (Lipinski definition) is 4. The molecule has 30 heavy (non-hydrogen) atoms. The molecule has 2 aromatic carbocycles. The molecule has 1 atom stereocenters. The molecule has 0 spiro atoms. The van der Waals surface area contributed by atoms with Gasteiger partial charge in [-0.3, -0.25) is 4.99 Å². The van der Waals surface area contributed by atoms with Gasteiger partial charge in [0.05, 0.1) is 5.88 Å². The Labute approximate surface area is 189 Å². The summed E-state index contributed by atoms with van der Waals surface area (Å²) in [6, 6.07) is 9.66. The van der Waals surface area contributed by atoms with Crippen molar-refractivity contribution in [1.29, 1.82) is 5.41 Å². The Kier molecular flexibility index (Phi) is 10.1. The molecule has 0 fully saturated rings. The van der Waals surface area contributed by atoms with E-state index >= 15 is 0 Å². The summed E-state index contributed by atoms with van der Waals surface area (Å²) < 4.78 is 17.9. The van der Waals surface area contributed by atoms with Crippen molar-refractivity contribution in [3.05, 3.63) is 81.6 Å². The fourth-order valence-corrected chi connectivity index (χ4v) is 4.05. The summed E-state index contributed by atoms with van der Waals surface area (Å²) >= 11 is 8.91. The van der Waals surface area contributed by atoms with Gasteiger partial charge in [0.2, 0.25) is 0 Å². The van der Waals surface area contributed by atoms with Crippen LogP contribution in [0.5, 0.6) is 0 Å². The van der Waals surface area contributed by atoms with E-state index in [1.807, 2.05) is 0 Å². The molecule has 0 heterocycles. The number of rotatable bonds is 11. The Balaban J connectivity index is 2.22. The minimum atomic E-state index is -1.20. The molecule has 9 heteroatoms. The van der Waals surface area contributed by atoms with E-state index in [4.69, 9.17) is 17.0 Å². The van der Waals surface area contributed by atoms with E-state index in [1.165, 1.54) is 29.8 Å². The zero-order valence-corrected chi connectivity index (χ0v) is 18.6. The van der Waals surface area contributed by atoms with Gasteiger partial charge in [0.15, 0.2) is 0 Å². The van der Waals surface area contributed by atoms with Crippen LogP contribution < -0.4 is 10.0 Å². The summed E-state index contributed by atoms with van der Waals surface area (Å²) in [6.45, 7) is 3.35. The van der Waals surface area contributed by atoms with Crippen molar-refractivity contribution in [2.45, 2.75) is 11.0 Å². The van der Waals surface area contributed by atoms with Crippen LogP contribution in [0.4, 0.5) is 4.39 Å². The van der Waals surface area contributed by atoms with E-state index < -0.39 is 11.9 Å². The normalized spacial score (nSPS) is 12.7. The molecule has 5 nitrogen and oxygen atoms in total. The third-order valence-electron chi connectivity index (χ3n) is 3.98. The first-order chi connectivity index (χ1) is 14.5. The summed E-state index contributed by atoms with van der Waals surface area (Å²) in [5.41, 5.74) is 1.83. The molecule has 0 saturated heterocycles. The molecule has 0 aliphatic carbocycles. The molecule has 0 aromatic heterocycles. The lowest BCUT2D eigenvalue weighted by Crippen LogP contribution is -2.11. The van der Waals surface area contributed by atoms with Crippen molar-refractivity contribution in [1.82, 2.24) is 10.0 Å². The van der Waals surface area contributed by atoms with Crippen LogP contribution in [0.2, 0.25) is 5.02 Å². The number of allylic oxidation sites excluding steroid dienone is 1. The number of halogens is 2. The SMILES string of the molecule is C=N/C=C\SCNSc1ccc(C(O)c2ccc(Cl)cc2/C(=C/C=N)NC)c(F)c1. The second-order valence-electron chi connectivity index (χ2n) is 5.84. The average molecular weight is 465 g/mol. The van der Waals surface area contributed by atoms with Crippen LogP contribution in [-0.2, 0) is 0 Å². The predicted octanol–water partition coefficient (Wildman–Crippen LogP) is 5.23. The third-order valence-corrected chi connectivity index (χ3v) is 5.80. The topological polar surface area (TPSA) is 80.5 Å². The van der Waals surface area contributed by atoms with E-state index in [2.05, 4.69) is 21.7 Å². The standard InChI is InChI=1S/C21H22ClFN4OS2/c1-25-9-10-29-13-27-30-15-4-6-17(19(23)12-15)21(28)16-5-3-14(22)11-18(16)20(26-2)7-8-24/h3-12,21,24,26-28H,1,13H2,2H3/b10-9-,20-7-,24-8?. The maximum absolute atomic E-state index is 14.8. The fourth-order valence-electron chi connectivity index (χ4n) is 2.63. The average Bonchev–Trinajstić information content (AvgIpc) is 2.74. The Bertz CT molecular complexity index is 953. The first kappa shape index (κ1) is 24.2. The highest BCUT2D eigenvalue weighted by molar-refractivity contribution is 8.03. The number of benzene rings is 2. The van der Waals surface area contributed by atoms with Crippen molar-refractivity contribution >= 4 is 53.9 Å². The maximum atomic E-state index is 14.8. The van der Waals surface area contributed by atoms with Crippen LogP contribution in [0.1, 0.15) is 22.8 Å². The summed E-state index contributed by atoms with van der Waals surface area (Å²) in [5.74, 6) is 0.101. The van der Waals surface area contributed by atoms with Gasteiger partial charge in [0.25, 0.3) is 0 Å². The second-order valence-corrected chi connectivity index (χ2v) is 8.13. The minimum absolute atomic E-state index is 0.155. The second kappa shape index (κ2) is 12.6. The summed E-state index contributed by atoms with van der Waals surface area (Å²) in [6.07, 6.45) is 3.07. The molecule has 0 amide bonds. The number of nitrogens with one attached hydrogen (secondary N) is 3. The van der Waals surface area contributed by atoms with Gasteiger partial charge in [0, 0.05) is 46.2 Å². The van der Waals surface area contributed by atoms with Crippen molar-refractivity contribution < 1.29 is 9.50 Å². The van der Waals surface area contributed by atoms with Gasteiger partial charge >= 0.3 is 0 Å². The zero-order valence-electron chi connectivity index (χ0n) is 16.2. The molecule has 0 bridgehead atoms. The number of aliphatic imine (C=N–C) groups is 1. The zero-order chi connectivity index (χ0) is 21.9. The Morgan fingerprint density at radius 1 is 1.33 bits per heavy atom. The van der Waals surface area contributed by atoms with Gasteiger partial charge in [-0.1, -0.05) is 23.7 Å².